The Morgan fingerprint density at radius 1 is 1.33 bits per heavy atom. The highest BCUT2D eigenvalue weighted by atomic mass is 127. The highest BCUT2D eigenvalue weighted by molar-refractivity contribution is 14.0. The monoisotopic (exact) mass is 529 g/mol. The Morgan fingerprint density at radius 3 is 2.83 bits per heavy atom. The van der Waals surface area contributed by atoms with Gasteiger partial charge in [-0.05, 0) is 44.5 Å². The van der Waals surface area contributed by atoms with Crippen molar-refractivity contribution >= 4 is 29.9 Å². The lowest BCUT2D eigenvalue weighted by molar-refractivity contribution is 0.0386. The third kappa shape index (κ3) is 6.88. The zero-order chi connectivity index (χ0) is 20.7. The summed E-state index contributed by atoms with van der Waals surface area (Å²) in [5, 5.41) is 17.0. The fourth-order valence-electron chi connectivity index (χ4n) is 3.12. The number of aliphatic imine (C=N–C) groups is 1. The maximum absolute atomic E-state index is 10.6. The summed E-state index contributed by atoms with van der Waals surface area (Å²) in [6, 6.07) is 9.68. The van der Waals surface area contributed by atoms with Gasteiger partial charge in [-0.25, -0.2) is 4.99 Å². The van der Waals surface area contributed by atoms with E-state index in [9.17, 15) is 5.11 Å². The molecule has 2 heterocycles. The van der Waals surface area contributed by atoms with Crippen LogP contribution in [0.15, 0.2) is 46.0 Å². The van der Waals surface area contributed by atoms with Gasteiger partial charge in [0.05, 0.1) is 32.6 Å². The highest BCUT2D eigenvalue weighted by Crippen LogP contribution is 2.25. The Balaban J connectivity index is 0.00000320. The second kappa shape index (κ2) is 11.6. The van der Waals surface area contributed by atoms with Crippen LogP contribution < -0.4 is 15.4 Å². The van der Waals surface area contributed by atoms with Crippen molar-refractivity contribution in [2.75, 3.05) is 26.3 Å². The van der Waals surface area contributed by atoms with Crippen molar-refractivity contribution < 1.29 is 19.0 Å². The molecular formula is C22H32IN3O4. The molecule has 30 heavy (non-hydrogen) atoms. The predicted molar refractivity (Wildman–Crippen MR) is 128 cm³/mol. The molecule has 0 amide bonds. The van der Waals surface area contributed by atoms with Gasteiger partial charge in [0.25, 0.3) is 0 Å². The van der Waals surface area contributed by atoms with Crippen LogP contribution in [0, 0.1) is 6.92 Å². The normalized spacial score (nSPS) is 18.4. The third-order valence-electron chi connectivity index (χ3n) is 4.81. The lowest BCUT2D eigenvalue weighted by atomic mass is 10.0. The molecule has 0 bridgehead atoms. The number of halogens is 1. The number of guanidine groups is 1. The minimum absolute atomic E-state index is 0. The number of rotatable bonds is 8. The largest absolute Gasteiger partial charge is 0.488 e. The smallest absolute Gasteiger partial charge is 0.191 e. The fourth-order valence-corrected chi connectivity index (χ4v) is 3.12. The minimum Gasteiger partial charge on any atom is -0.488 e. The van der Waals surface area contributed by atoms with Crippen LogP contribution in [0.1, 0.15) is 37.2 Å². The second-order valence-electron chi connectivity index (χ2n) is 7.51. The molecule has 1 aliphatic rings. The summed E-state index contributed by atoms with van der Waals surface area (Å²) >= 11 is 0. The summed E-state index contributed by atoms with van der Waals surface area (Å²) in [7, 11) is 0. The van der Waals surface area contributed by atoms with Gasteiger partial charge in [-0.2, -0.15) is 0 Å². The second-order valence-corrected chi connectivity index (χ2v) is 7.51. The van der Waals surface area contributed by atoms with Crippen molar-refractivity contribution in [2.45, 2.75) is 45.4 Å². The summed E-state index contributed by atoms with van der Waals surface area (Å²) in [5.74, 6) is 1.98. The zero-order valence-corrected chi connectivity index (χ0v) is 20.1. The number of aryl methyl sites for hydroxylation is 1. The highest BCUT2D eigenvalue weighted by Gasteiger charge is 2.26. The van der Waals surface area contributed by atoms with Gasteiger partial charge in [-0.1, -0.05) is 12.1 Å². The van der Waals surface area contributed by atoms with Crippen LogP contribution in [-0.4, -0.2) is 43.5 Å². The number of nitrogens with zero attached hydrogens (tertiary/aromatic N) is 1. The first-order valence-corrected chi connectivity index (χ1v) is 10.1. The van der Waals surface area contributed by atoms with Crippen LogP contribution in [0.4, 0.5) is 0 Å². The number of furan rings is 1. The third-order valence-corrected chi connectivity index (χ3v) is 4.81. The minimum atomic E-state index is -1.14. The molecule has 2 aromatic rings. The molecule has 3 rings (SSSR count). The Kier molecular flexibility index (Phi) is 9.44. The molecule has 0 spiro atoms. The van der Waals surface area contributed by atoms with Crippen molar-refractivity contribution in [3.05, 3.63) is 53.5 Å². The van der Waals surface area contributed by atoms with E-state index in [1.54, 1.807) is 25.3 Å². The van der Waals surface area contributed by atoms with E-state index in [1.165, 1.54) is 0 Å². The van der Waals surface area contributed by atoms with Crippen LogP contribution in [0.3, 0.4) is 0 Å². The molecule has 1 aromatic heterocycles. The maximum atomic E-state index is 10.6. The van der Waals surface area contributed by atoms with Gasteiger partial charge in [-0.15, -0.1) is 24.0 Å². The van der Waals surface area contributed by atoms with Gasteiger partial charge in [0, 0.05) is 18.5 Å². The summed E-state index contributed by atoms with van der Waals surface area (Å²) < 4.78 is 16.9. The van der Waals surface area contributed by atoms with Crippen molar-refractivity contribution in [1.29, 1.82) is 0 Å². The van der Waals surface area contributed by atoms with Crippen LogP contribution in [0.25, 0.3) is 0 Å². The van der Waals surface area contributed by atoms with E-state index in [0.29, 0.717) is 31.4 Å². The summed E-state index contributed by atoms with van der Waals surface area (Å²) in [5.41, 5.74) is 1.02. The number of aliphatic hydroxyl groups is 1. The topological polar surface area (TPSA) is 88.3 Å². The molecule has 8 heteroatoms. The van der Waals surface area contributed by atoms with E-state index < -0.39 is 5.60 Å². The van der Waals surface area contributed by atoms with Gasteiger partial charge in [-0.3, -0.25) is 0 Å². The van der Waals surface area contributed by atoms with Crippen LogP contribution in [-0.2, 0) is 16.9 Å². The van der Waals surface area contributed by atoms with Crippen LogP contribution >= 0.6 is 24.0 Å². The number of hydrogen-bond donors (Lipinski definition) is 3. The molecule has 3 N–H and O–H groups in total. The van der Waals surface area contributed by atoms with Crippen molar-refractivity contribution in [3.8, 4) is 5.75 Å². The molecule has 0 saturated carbocycles. The van der Waals surface area contributed by atoms with Gasteiger partial charge < -0.3 is 29.6 Å². The quantitative estimate of drug-likeness (QED) is 0.276. The molecule has 2 unspecified atom stereocenters. The molecule has 1 saturated heterocycles. The molecule has 1 fully saturated rings. The number of benzene rings is 1. The molecule has 2 atom stereocenters. The van der Waals surface area contributed by atoms with Crippen molar-refractivity contribution in [1.82, 2.24) is 10.6 Å². The first-order chi connectivity index (χ1) is 14.0. The van der Waals surface area contributed by atoms with E-state index in [2.05, 4.69) is 21.7 Å². The molecule has 7 nitrogen and oxygen atoms in total. The Hall–Kier alpha value is -1.78. The standard InChI is InChI=1S/C22H31N3O4.HI/c1-4-23-21(25-15-22(3,26)20-6-5-10-28-20)24-13-17-8-7-16(2)12-19(17)29-18-9-11-27-14-18;/h5-8,10,12,18,26H,4,9,11,13-15H2,1-3H3,(H2,23,24,25);1H. The van der Waals surface area contributed by atoms with E-state index in [4.69, 9.17) is 13.9 Å². The first kappa shape index (κ1) is 24.5. The molecule has 1 aromatic carbocycles. The zero-order valence-electron chi connectivity index (χ0n) is 17.8. The first-order valence-electron chi connectivity index (χ1n) is 10.1. The molecule has 0 radical (unpaired) electrons. The average Bonchev–Trinajstić information content (AvgIpc) is 3.39. The summed E-state index contributed by atoms with van der Waals surface area (Å²) in [6.07, 6.45) is 2.55. The summed E-state index contributed by atoms with van der Waals surface area (Å²) in [4.78, 5) is 4.67. The predicted octanol–water partition coefficient (Wildman–Crippen LogP) is 3.34. The van der Waals surface area contributed by atoms with Gasteiger partial charge in [0.2, 0.25) is 0 Å². The molecule has 166 valence electrons. The van der Waals surface area contributed by atoms with E-state index >= 15 is 0 Å². The Morgan fingerprint density at radius 2 is 2.17 bits per heavy atom. The Bertz CT molecular complexity index is 803. The lowest BCUT2D eigenvalue weighted by Crippen LogP contribution is -2.44. The Labute approximate surface area is 195 Å². The molecule has 1 aliphatic heterocycles. The summed E-state index contributed by atoms with van der Waals surface area (Å²) in [6.45, 7) is 8.57. The SMILES string of the molecule is CCNC(=NCc1ccc(C)cc1OC1CCOC1)NCC(C)(O)c1ccco1.I. The fraction of sp³-hybridized carbons (Fsp3) is 0.500. The van der Waals surface area contributed by atoms with E-state index in [-0.39, 0.29) is 36.6 Å². The maximum Gasteiger partial charge on any atom is 0.191 e. The van der Waals surface area contributed by atoms with Crippen LogP contribution in [0.2, 0.25) is 0 Å². The van der Waals surface area contributed by atoms with Crippen molar-refractivity contribution in [2.24, 2.45) is 4.99 Å². The molecule has 0 aliphatic carbocycles. The number of hydrogen-bond acceptors (Lipinski definition) is 5. The van der Waals surface area contributed by atoms with Gasteiger partial charge in [0.15, 0.2) is 5.96 Å². The average molecular weight is 529 g/mol. The lowest BCUT2D eigenvalue weighted by Gasteiger charge is -2.23. The molecular weight excluding hydrogens is 497 g/mol. The number of ether oxygens (including phenoxy) is 2. The van der Waals surface area contributed by atoms with E-state index in [1.807, 2.05) is 26.0 Å². The van der Waals surface area contributed by atoms with Crippen LogP contribution in [0.5, 0.6) is 5.75 Å². The number of nitrogens with one attached hydrogen (secondary N) is 2. The van der Waals surface area contributed by atoms with Gasteiger partial charge in [0.1, 0.15) is 23.2 Å². The van der Waals surface area contributed by atoms with Gasteiger partial charge >= 0.3 is 0 Å². The van der Waals surface area contributed by atoms with E-state index in [0.717, 1.165) is 29.9 Å². The van der Waals surface area contributed by atoms with Crippen molar-refractivity contribution in [3.63, 3.8) is 0 Å².